The van der Waals surface area contributed by atoms with Crippen molar-refractivity contribution < 1.29 is 4.79 Å². The van der Waals surface area contributed by atoms with Crippen molar-refractivity contribution in [2.45, 2.75) is 19.9 Å². The van der Waals surface area contributed by atoms with Gasteiger partial charge >= 0.3 is 6.03 Å². The average Bonchev–Trinajstić information content (AvgIpc) is 3.27. The molecule has 3 N–H and O–H groups in total. The summed E-state index contributed by atoms with van der Waals surface area (Å²) < 4.78 is 3.07. The molecule has 0 fully saturated rings. The number of hydrogen-bond acceptors (Lipinski definition) is 6. The average molecular weight is 397 g/mol. The third kappa shape index (κ3) is 3.16. The zero-order valence-corrected chi connectivity index (χ0v) is 15.9. The maximum atomic E-state index is 12.7. The van der Waals surface area contributed by atoms with Gasteiger partial charge in [0.2, 0.25) is 0 Å². The first-order chi connectivity index (χ1) is 13.4. The number of nitrogen functional groups attached to an aromatic ring is 1. The molecule has 28 heavy (non-hydrogen) atoms. The van der Waals surface area contributed by atoms with Crippen LogP contribution in [0.2, 0.25) is 5.02 Å². The lowest BCUT2D eigenvalue weighted by molar-refractivity contribution is 0.252. The highest BCUT2D eigenvalue weighted by atomic mass is 35.5. The van der Waals surface area contributed by atoms with E-state index >= 15 is 0 Å². The van der Waals surface area contributed by atoms with Crippen LogP contribution in [-0.4, -0.2) is 35.6 Å². The minimum Gasteiger partial charge on any atom is -0.382 e. The molecular formula is C18H17ClN8O. The molecule has 3 heterocycles. The zero-order chi connectivity index (χ0) is 19.8. The summed E-state index contributed by atoms with van der Waals surface area (Å²) in [4.78, 5) is 17.2. The molecule has 0 aliphatic carbocycles. The molecule has 142 valence electrons. The number of nitrogens with two attached hydrogens (primary N) is 1. The maximum Gasteiger partial charge on any atom is 0.348 e. The lowest BCUT2D eigenvalue weighted by Gasteiger charge is -2.10. The molecule has 3 aromatic heterocycles. The third-order valence-electron chi connectivity index (χ3n) is 4.21. The molecule has 0 saturated heterocycles. The van der Waals surface area contributed by atoms with E-state index in [0.717, 1.165) is 0 Å². The predicted molar refractivity (Wildman–Crippen MR) is 107 cm³/mol. The lowest BCUT2D eigenvalue weighted by atomic mass is 10.2. The second kappa shape index (κ2) is 6.93. The second-order valence-electron chi connectivity index (χ2n) is 6.45. The number of benzene rings is 1. The Balaban J connectivity index is 1.66. The van der Waals surface area contributed by atoms with Gasteiger partial charge in [0.1, 0.15) is 17.8 Å². The molecule has 0 spiro atoms. The molecule has 4 rings (SSSR count). The number of nitrogens with one attached hydrogen (secondary N) is 1. The van der Waals surface area contributed by atoms with Crippen molar-refractivity contribution >= 4 is 40.2 Å². The van der Waals surface area contributed by atoms with E-state index < -0.39 is 6.03 Å². The quantitative estimate of drug-likeness (QED) is 0.546. The molecule has 0 atom stereocenters. The maximum absolute atomic E-state index is 12.7. The number of hydrogen-bond donors (Lipinski definition) is 2. The van der Waals surface area contributed by atoms with Crippen LogP contribution in [0.25, 0.3) is 22.4 Å². The highest BCUT2D eigenvalue weighted by molar-refractivity contribution is 6.31. The van der Waals surface area contributed by atoms with Gasteiger partial charge in [0, 0.05) is 16.5 Å². The normalized spacial score (nSPS) is 11.3. The van der Waals surface area contributed by atoms with Crippen molar-refractivity contribution in [3.63, 3.8) is 0 Å². The number of amides is 1. The van der Waals surface area contributed by atoms with E-state index in [0.29, 0.717) is 33.3 Å². The summed E-state index contributed by atoms with van der Waals surface area (Å²) in [5.41, 5.74) is 7.01. The van der Waals surface area contributed by atoms with Crippen LogP contribution in [-0.2, 0) is 0 Å². The smallest absolute Gasteiger partial charge is 0.348 e. The van der Waals surface area contributed by atoms with Crippen LogP contribution in [0, 0.1) is 0 Å². The number of carbonyl (C=O) groups excluding carboxylic acids is 1. The van der Waals surface area contributed by atoms with Crippen LogP contribution < -0.4 is 11.1 Å². The van der Waals surface area contributed by atoms with Crippen molar-refractivity contribution in [1.29, 1.82) is 0 Å². The van der Waals surface area contributed by atoms with Crippen LogP contribution in [0.5, 0.6) is 0 Å². The van der Waals surface area contributed by atoms with Gasteiger partial charge in [-0.1, -0.05) is 17.7 Å². The SMILES string of the molecule is CC(C)n1cnnc1-c1cccc(NC(=O)n2nc(N)c3ccc(Cl)cc32)n1. The highest BCUT2D eigenvalue weighted by Crippen LogP contribution is 2.24. The van der Waals surface area contributed by atoms with Gasteiger partial charge in [0.15, 0.2) is 11.6 Å². The summed E-state index contributed by atoms with van der Waals surface area (Å²) in [5, 5.41) is 16.0. The number of aromatic nitrogens is 6. The van der Waals surface area contributed by atoms with E-state index in [-0.39, 0.29) is 11.9 Å². The Morgan fingerprint density at radius 2 is 2.07 bits per heavy atom. The number of nitrogens with zero attached hydrogens (tertiary/aromatic N) is 6. The fraction of sp³-hybridized carbons (Fsp3) is 0.167. The largest absolute Gasteiger partial charge is 0.382 e. The van der Waals surface area contributed by atoms with E-state index in [1.165, 1.54) is 4.68 Å². The first kappa shape index (κ1) is 17.9. The predicted octanol–water partition coefficient (Wildman–Crippen LogP) is 3.59. The van der Waals surface area contributed by atoms with Gasteiger partial charge in [-0.05, 0) is 44.2 Å². The lowest BCUT2D eigenvalue weighted by Crippen LogP contribution is -2.21. The van der Waals surface area contributed by atoms with E-state index in [4.69, 9.17) is 17.3 Å². The molecule has 0 unspecified atom stereocenters. The number of anilines is 2. The van der Waals surface area contributed by atoms with Crippen molar-refractivity contribution in [3.05, 3.63) is 47.7 Å². The molecular weight excluding hydrogens is 380 g/mol. The van der Waals surface area contributed by atoms with Crippen LogP contribution >= 0.6 is 11.6 Å². The molecule has 0 bridgehead atoms. The molecule has 0 aliphatic heterocycles. The number of fused-ring (bicyclic) bond motifs is 1. The van der Waals surface area contributed by atoms with Gasteiger partial charge in [-0.3, -0.25) is 5.32 Å². The Morgan fingerprint density at radius 3 is 2.86 bits per heavy atom. The molecule has 4 aromatic rings. The van der Waals surface area contributed by atoms with Crippen LogP contribution in [0.4, 0.5) is 16.4 Å². The highest BCUT2D eigenvalue weighted by Gasteiger charge is 2.16. The van der Waals surface area contributed by atoms with Crippen LogP contribution in [0.3, 0.4) is 0 Å². The van der Waals surface area contributed by atoms with Gasteiger partial charge in [-0.2, -0.15) is 4.68 Å². The topological polar surface area (TPSA) is 117 Å². The van der Waals surface area contributed by atoms with Gasteiger partial charge in [-0.25, -0.2) is 9.78 Å². The Bertz CT molecular complexity index is 1180. The summed E-state index contributed by atoms with van der Waals surface area (Å²) >= 11 is 6.04. The van der Waals surface area contributed by atoms with Gasteiger partial charge in [-0.15, -0.1) is 15.3 Å². The number of rotatable bonds is 3. The molecule has 1 aromatic carbocycles. The van der Waals surface area contributed by atoms with Gasteiger partial charge < -0.3 is 10.3 Å². The summed E-state index contributed by atoms with van der Waals surface area (Å²) in [6.07, 6.45) is 1.65. The Hall–Kier alpha value is -3.46. The fourth-order valence-corrected chi connectivity index (χ4v) is 3.03. The minimum atomic E-state index is -0.501. The third-order valence-corrected chi connectivity index (χ3v) is 4.44. The molecule has 1 amide bonds. The van der Waals surface area contributed by atoms with Crippen molar-refractivity contribution in [3.8, 4) is 11.5 Å². The summed E-state index contributed by atoms with van der Waals surface area (Å²) in [6.45, 7) is 4.05. The molecule has 0 aliphatic rings. The van der Waals surface area contributed by atoms with E-state index in [9.17, 15) is 4.79 Å². The van der Waals surface area contributed by atoms with Crippen molar-refractivity contribution in [1.82, 2.24) is 29.5 Å². The van der Waals surface area contributed by atoms with Crippen molar-refractivity contribution in [2.24, 2.45) is 0 Å². The molecule has 9 nitrogen and oxygen atoms in total. The first-order valence-corrected chi connectivity index (χ1v) is 8.94. The van der Waals surface area contributed by atoms with Crippen molar-refractivity contribution in [2.75, 3.05) is 11.1 Å². The summed E-state index contributed by atoms with van der Waals surface area (Å²) in [7, 11) is 0. The summed E-state index contributed by atoms with van der Waals surface area (Å²) in [6, 6.07) is 9.99. The minimum absolute atomic E-state index is 0.174. The molecule has 0 radical (unpaired) electrons. The fourth-order valence-electron chi connectivity index (χ4n) is 2.86. The van der Waals surface area contributed by atoms with Gasteiger partial charge in [0.25, 0.3) is 0 Å². The number of pyridine rings is 1. The number of halogens is 1. The van der Waals surface area contributed by atoms with E-state index in [2.05, 4.69) is 25.6 Å². The van der Waals surface area contributed by atoms with Crippen LogP contribution in [0.15, 0.2) is 42.7 Å². The Labute approximate surface area is 165 Å². The monoisotopic (exact) mass is 396 g/mol. The first-order valence-electron chi connectivity index (χ1n) is 8.56. The van der Waals surface area contributed by atoms with E-state index in [1.807, 2.05) is 18.4 Å². The standard InChI is InChI=1S/C18H17ClN8O/c1-10(2)26-9-21-24-17(26)13-4-3-5-15(22-13)23-18(28)27-14-8-11(19)6-7-12(14)16(20)25-27/h3-10H,1-2H3,(H2,20,25)(H,22,23,28). The van der Waals surface area contributed by atoms with Gasteiger partial charge in [0.05, 0.1) is 5.52 Å². The number of carbonyl (C=O) groups is 1. The van der Waals surface area contributed by atoms with Crippen LogP contribution in [0.1, 0.15) is 19.9 Å². The second-order valence-corrected chi connectivity index (χ2v) is 6.89. The molecule has 10 heteroatoms. The zero-order valence-electron chi connectivity index (χ0n) is 15.2. The molecule has 0 saturated carbocycles. The summed E-state index contributed by atoms with van der Waals surface area (Å²) in [5.74, 6) is 1.21. The van der Waals surface area contributed by atoms with E-state index in [1.54, 1.807) is 42.7 Å². The Kier molecular flexibility index (Phi) is 4.44. The Morgan fingerprint density at radius 1 is 1.25 bits per heavy atom.